The molecule has 6 heteroatoms. The van der Waals surface area contributed by atoms with Gasteiger partial charge in [0, 0.05) is 12.1 Å². The van der Waals surface area contributed by atoms with Crippen LogP contribution in [0.15, 0.2) is 18.2 Å². The highest BCUT2D eigenvalue weighted by Gasteiger charge is 2.15. The van der Waals surface area contributed by atoms with Gasteiger partial charge < -0.3 is 25.0 Å². The Morgan fingerprint density at radius 3 is 2.39 bits per heavy atom. The molecule has 6 nitrogen and oxygen atoms in total. The van der Waals surface area contributed by atoms with Crippen LogP contribution in [0.25, 0.3) is 0 Å². The molecular weight excluding hydrogens is 354 g/mol. The first-order chi connectivity index (χ1) is 13.3. The Bertz CT molecular complexity index is 581. The molecule has 0 unspecified atom stereocenters. The van der Waals surface area contributed by atoms with E-state index < -0.39 is 0 Å². The lowest BCUT2D eigenvalue weighted by molar-refractivity contribution is -0.124. The minimum absolute atomic E-state index is 0.0275. The Kier molecular flexibility index (Phi) is 10.9. The fourth-order valence-electron chi connectivity index (χ4n) is 2.85. The van der Waals surface area contributed by atoms with Crippen LogP contribution in [0.2, 0.25) is 0 Å². The number of nitrogens with zero attached hydrogens (tertiary/aromatic N) is 1. The number of amides is 1. The Balaban J connectivity index is 2.53. The van der Waals surface area contributed by atoms with E-state index in [9.17, 15) is 4.79 Å². The molecule has 1 aromatic rings. The van der Waals surface area contributed by atoms with E-state index in [4.69, 9.17) is 9.47 Å². The third-order valence-electron chi connectivity index (χ3n) is 4.23. The van der Waals surface area contributed by atoms with Crippen molar-refractivity contribution in [3.8, 4) is 11.5 Å². The second kappa shape index (κ2) is 12.6. The van der Waals surface area contributed by atoms with Gasteiger partial charge in [-0.05, 0) is 78.0 Å². The van der Waals surface area contributed by atoms with Crippen LogP contribution in [0.3, 0.4) is 0 Å². The van der Waals surface area contributed by atoms with Gasteiger partial charge in [0.05, 0.1) is 6.61 Å². The molecule has 28 heavy (non-hydrogen) atoms. The van der Waals surface area contributed by atoms with Crippen LogP contribution in [0.4, 0.5) is 0 Å². The number of carbonyl (C=O) groups excluding carboxylic acids is 1. The van der Waals surface area contributed by atoms with Crippen LogP contribution in [-0.2, 0) is 11.3 Å². The summed E-state index contributed by atoms with van der Waals surface area (Å²) in [7, 11) is 0. The van der Waals surface area contributed by atoms with E-state index in [-0.39, 0.29) is 18.1 Å². The first kappa shape index (κ1) is 24.2. The monoisotopic (exact) mass is 393 g/mol. The second-order valence-corrected chi connectivity index (χ2v) is 7.86. The Morgan fingerprint density at radius 2 is 1.79 bits per heavy atom. The molecule has 0 aliphatic heterocycles. The summed E-state index contributed by atoms with van der Waals surface area (Å²) in [5.74, 6) is 1.12. The van der Waals surface area contributed by atoms with E-state index in [1.54, 1.807) is 0 Å². The van der Waals surface area contributed by atoms with Crippen molar-refractivity contribution in [2.45, 2.75) is 60.0 Å². The third kappa shape index (κ3) is 9.95. The second-order valence-electron chi connectivity index (χ2n) is 7.86. The highest BCUT2D eigenvalue weighted by molar-refractivity contribution is 5.78. The van der Waals surface area contributed by atoms with Gasteiger partial charge in [-0.3, -0.25) is 4.79 Å². The molecule has 0 aliphatic rings. The molecule has 0 aliphatic carbocycles. The van der Waals surface area contributed by atoms with Gasteiger partial charge in [-0.1, -0.05) is 19.9 Å². The van der Waals surface area contributed by atoms with Crippen LogP contribution >= 0.6 is 0 Å². The zero-order valence-corrected chi connectivity index (χ0v) is 18.6. The number of benzene rings is 1. The minimum Gasteiger partial charge on any atom is -0.490 e. The van der Waals surface area contributed by atoms with Crippen LogP contribution < -0.4 is 20.1 Å². The van der Waals surface area contributed by atoms with E-state index in [1.165, 1.54) is 0 Å². The molecule has 1 amide bonds. The molecule has 0 bridgehead atoms. The van der Waals surface area contributed by atoms with Gasteiger partial charge >= 0.3 is 0 Å². The predicted molar refractivity (Wildman–Crippen MR) is 115 cm³/mol. The van der Waals surface area contributed by atoms with Gasteiger partial charge in [-0.25, -0.2) is 0 Å². The summed E-state index contributed by atoms with van der Waals surface area (Å²) < 4.78 is 11.4. The zero-order chi connectivity index (χ0) is 21.0. The maximum Gasteiger partial charge on any atom is 0.258 e. The molecule has 0 saturated carbocycles. The quantitative estimate of drug-likeness (QED) is 0.504. The summed E-state index contributed by atoms with van der Waals surface area (Å²) >= 11 is 0. The lowest BCUT2D eigenvalue weighted by atomic mass is 10.1. The van der Waals surface area contributed by atoms with Crippen LogP contribution in [0.5, 0.6) is 11.5 Å². The van der Waals surface area contributed by atoms with Crippen molar-refractivity contribution in [1.29, 1.82) is 0 Å². The van der Waals surface area contributed by atoms with Gasteiger partial charge in [0.1, 0.15) is 0 Å². The van der Waals surface area contributed by atoms with Gasteiger partial charge in [0.25, 0.3) is 5.91 Å². The van der Waals surface area contributed by atoms with Gasteiger partial charge in [-0.2, -0.15) is 0 Å². The summed E-state index contributed by atoms with van der Waals surface area (Å²) in [5.41, 5.74) is 0.863. The number of hydrogen-bond acceptors (Lipinski definition) is 5. The number of rotatable bonds is 13. The Morgan fingerprint density at radius 1 is 1.07 bits per heavy atom. The molecule has 0 fully saturated rings. The number of nitrogens with one attached hydrogen (secondary N) is 2. The highest BCUT2D eigenvalue weighted by atomic mass is 16.5. The Labute approximate surface area is 171 Å². The molecule has 1 aromatic carbocycles. The lowest BCUT2D eigenvalue weighted by Gasteiger charge is -2.21. The molecular formula is C22H39N3O3. The SMILES string of the molecule is CCOc1cc(CNCCCN(CC)CC)ccc1OCC(=O)NC(C)(C)C. The number of ether oxygens (including phenoxy) is 2. The van der Waals surface area contributed by atoms with Crippen molar-refractivity contribution in [1.82, 2.24) is 15.5 Å². The van der Waals surface area contributed by atoms with E-state index in [1.807, 2.05) is 45.9 Å². The molecule has 2 N–H and O–H groups in total. The van der Waals surface area contributed by atoms with Gasteiger partial charge in [0.15, 0.2) is 18.1 Å². The number of carbonyl (C=O) groups is 1. The molecule has 0 spiro atoms. The number of hydrogen-bond donors (Lipinski definition) is 2. The van der Waals surface area contributed by atoms with Crippen LogP contribution in [0, 0.1) is 0 Å². The van der Waals surface area contributed by atoms with Crippen molar-refractivity contribution in [2.24, 2.45) is 0 Å². The normalized spacial score (nSPS) is 11.5. The average Bonchev–Trinajstić information content (AvgIpc) is 2.63. The minimum atomic E-state index is -0.274. The smallest absolute Gasteiger partial charge is 0.258 e. The fourth-order valence-corrected chi connectivity index (χ4v) is 2.85. The van der Waals surface area contributed by atoms with E-state index in [0.29, 0.717) is 18.1 Å². The van der Waals surface area contributed by atoms with Crippen molar-refractivity contribution in [3.05, 3.63) is 23.8 Å². The van der Waals surface area contributed by atoms with Crippen LogP contribution in [-0.4, -0.2) is 55.7 Å². The third-order valence-corrected chi connectivity index (χ3v) is 4.23. The van der Waals surface area contributed by atoms with E-state index in [0.717, 1.165) is 44.7 Å². The molecule has 1 rings (SSSR count). The van der Waals surface area contributed by atoms with Gasteiger partial charge in [-0.15, -0.1) is 0 Å². The topological polar surface area (TPSA) is 62.8 Å². The molecule has 0 aromatic heterocycles. The highest BCUT2D eigenvalue weighted by Crippen LogP contribution is 2.28. The lowest BCUT2D eigenvalue weighted by Crippen LogP contribution is -2.43. The average molecular weight is 394 g/mol. The van der Waals surface area contributed by atoms with Crippen molar-refractivity contribution < 1.29 is 14.3 Å². The maximum absolute atomic E-state index is 12.0. The summed E-state index contributed by atoms with van der Waals surface area (Å²) in [6, 6.07) is 5.87. The Hall–Kier alpha value is -1.79. The zero-order valence-electron chi connectivity index (χ0n) is 18.6. The predicted octanol–water partition coefficient (Wildman–Crippen LogP) is 3.20. The largest absolute Gasteiger partial charge is 0.490 e. The summed E-state index contributed by atoms with van der Waals surface area (Å²) in [4.78, 5) is 14.4. The van der Waals surface area contributed by atoms with Crippen LogP contribution in [0.1, 0.15) is 53.5 Å². The fraction of sp³-hybridized carbons (Fsp3) is 0.682. The van der Waals surface area contributed by atoms with Crippen molar-refractivity contribution in [2.75, 3.05) is 39.4 Å². The summed E-state index contributed by atoms with van der Waals surface area (Å²) in [6.45, 7) is 17.8. The molecule has 0 heterocycles. The maximum atomic E-state index is 12.0. The van der Waals surface area contributed by atoms with Crippen molar-refractivity contribution in [3.63, 3.8) is 0 Å². The summed E-state index contributed by atoms with van der Waals surface area (Å²) in [5, 5.41) is 6.37. The van der Waals surface area contributed by atoms with E-state index in [2.05, 4.69) is 29.4 Å². The molecule has 0 radical (unpaired) electrons. The van der Waals surface area contributed by atoms with E-state index >= 15 is 0 Å². The van der Waals surface area contributed by atoms with Crippen molar-refractivity contribution >= 4 is 5.91 Å². The molecule has 0 saturated heterocycles. The van der Waals surface area contributed by atoms with Gasteiger partial charge in [0.2, 0.25) is 0 Å². The standard InChI is InChI=1S/C22H39N3O3/c1-7-25(8-2)14-10-13-23-16-18-11-12-19(20(15-18)27-9-3)28-17-21(26)24-22(4,5)6/h11-12,15,23H,7-10,13-14,16-17H2,1-6H3,(H,24,26). The first-order valence-electron chi connectivity index (χ1n) is 10.4. The first-order valence-corrected chi connectivity index (χ1v) is 10.4. The molecule has 160 valence electrons. The summed E-state index contributed by atoms with van der Waals surface area (Å²) in [6.07, 6.45) is 1.13. The molecule has 0 atom stereocenters.